The van der Waals surface area contributed by atoms with Crippen molar-refractivity contribution in [2.45, 2.75) is 12.5 Å². The molecule has 2 atom stereocenters. The maximum absolute atomic E-state index is 6.03. The van der Waals surface area contributed by atoms with Crippen molar-refractivity contribution in [1.82, 2.24) is 0 Å². The van der Waals surface area contributed by atoms with Crippen LogP contribution in [-0.2, 0) is 0 Å². The lowest BCUT2D eigenvalue weighted by Gasteiger charge is -2.04. The molecule has 0 fully saturated rings. The van der Waals surface area contributed by atoms with E-state index >= 15 is 0 Å². The fraction of sp³-hybridized carbons (Fsp3) is 0.231. The number of benzene rings is 1. The molecule has 0 amide bonds. The molecule has 1 aromatic heterocycles. The van der Waals surface area contributed by atoms with Crippen LogP contribution in [0.5, 0.6) is 0 Å². The monoisotopic (exact) mass is 233 g/mol. The quantitative estimate of drug-likeness (QED) is 0.798. The average Bonchev–Trinajstić information content (AvgIpc) is 2.80. The lowest BCUT2D eigenvalue weighted by atomic mass is 10.1. The number of nitrogens with two attached hydrogens (primary N) is 2. The van der Waals surface area contributed by atoms with Crippen LogP contribution in [0.4, 0.5) is 0 Å². The highest BCUT2D eigenvalue weighted by molar-refractivity contribution is 7.37. The van der Waals surface area contributed by atoms with Crippen LogP contribution in [0.2, 0.25) is 0 Å². The summed E-state index contributed by atoms with van der Waals surface area (Å²) in [6, 6.07) is 12.7. The van der Waals surface area contributed by atoms with Gasteiger partial charge in [0.25, 0.3) is 0 Å². The summed E-state index contributed by atoms with van der Waals surface area (Å²) in [5.41, 5.74) is 12.8. The maximum Gasteiger partial charge on any atom is 0.178 e. The Morgan fingerprint density at radius 3 is 2.56 bits per heavy atom. The van der Waals surface area contributed by atoms with Crippen LogP contribution in [0, 0.1) is 0 Å². The summed E-state index contributed by atoms with van der Waals surface area (Å²) >= 11 is 0. The lowest BCUT2D eigenvalue weighted by molar-refractivity contribution is 0.663. The SMILES string of the molecule is NCCC(N)c1cc[s+](-c2ccccc2)c1. The van der Waals surface area contributed by atoms with Crippen molar-refractivity contribution in [3.8, 4) is 4.90 Å². The van der Waals surface area contributed by atoms with E-state index in [9.17, 15) is 0 Å². The third kappa shape index (κ3) is 2.50. The zero-order valence-electron chi connectivity index (χ0n) is 9.17. The van der Waals surface area contributed by atoms with Crippen LogP contribution in [0.1, 0.15) is 18.0 Å². The minimum absolute atomic E-state index is 0.0856. The van der Waals surface area contributed by atoms with E-state index < -0.39 is 0 Å². The van der Waals surface area contributed by atoms with Gasteiger partial charge in [0.2, 0.25) is 0 Å². The summed E-state index contributed by atoms with van der Waals surface area (Å²) in [6.07, 6.45) is 0.849. The molecule has 4 N–H and O–H groups in total. The number of thiophene rings is 1. The summed E-state index contributed by atoms with van der Waals surface area (Å²) in [5.74, 6) is 0. The average molecular weight is 233 g/mol. The first kappa shape index (κ1) is 11.3. The Balaban J connectivity index is 2.20. The van der Waals surface area contributed by atoms with Crippen LogP contribution in [0.3, 0.4) is 0 Å². The van der Waals surface area contributed by atoms with E-state index in [4.69, 9.17) is 11.5 Å². The molecule has 16 heavy (non-hydrogen) atoms. The Morgan fingerprint density at radius 1 is 1.12 bits per heavy atom. The van der Waals surface area contributed by atoms with Crippen LogP contribution < -0.4 is 11.5 Å². The van der Waals surface area contributed by atoms with Gasteiger partial charge < -0.3 is 11.5 Å². The molecular formula is C13H17N2S+. The highest BCUT2D eigenvalue weighted by atomic mass is 32.2. The zero-order chi connectivity index (χ0) is 11.4. The van der Waals surface area contributed by atoms with Gasteiger partial charge in [-0.3, -0.25) is 0 Å². The zero-order valence-corrected chi connectivity index (χ0v) is 9.99. The molecule has 2 aromatic rings. The fourth-order valence-electron chi connectivity index (χ4n) is 1.66. The highest BCUT2D eigenvalue weighted by Crippen LogP contribution is 2.33. The summed E-state index contributed by atoms with van der Waals surface area (Å²) in [6.45, 7) is 0.644. The first-order chi connectivity index (χ1) is 7.81. The van der Waals surface area contributed by atoms with Gasteiger partial charge in [0.1, 0.15) is 10.8 Å². The number of rotatable bonds is 4. The number of hydrogen-bond acceptors (Lipinski definition) is 2. The summed E-state index contributed by atoms with van der Waals surface area (Å²) in [5, 5.41) is 4.48. The predicted octanol–water partition coefficient (Wildman–Crippen LogP) is 2.77. The molecule has 0 spiro atoms. The maximum atomic E-state index is 6.03. The van der Waals surface area contributed by atoms with E-state index in [2.05, 4.69) is 41.1 Å². The van der Waals surface area contributed by atoms with Crippen LogP contribution in [0.25, 0.3) is 4.90 Å². The Bertz CT molecular complexity index is 436. The minimum Gasteiger partial charge on any atom is -0.330 e. The minimum atomic E-state index is 0.0856. The first-order valence-electron chi connectivity index (χ1n) is 5.44. The Labute approximate surface area is 98.9 Å². The lowest BCUT2D eigenvalue weighted by Crippen LogP contribution is -2.14. The van der Waals surface area contributed by atoms with Gasteiger partial charge in [0.15, 0.2) is 4.90 Å². The molecule has 3 heteroatoms. The van der Waals surface area contributed by atoms with Crippen molar-refractivity contribution in [2.75, 3.05) is 6.54 Å². The Morgan fingerprint density at radius 2 is 1.88 bits per heavy atom. The Hall–Kier alpha value is -1.16. The summed E-state index contributed by atoms with van der Waals surface area (Å²) in [4.78, 5) is 1.34. The van der Waals surface area contributed by atoms with Gasteiger partial charge in [-0.25, -0.2) is 0 Å². The van der Waals surface area contributed by atoms with Gasteiger partial charge in [-0.2, -0.15) is 0 Å². The smallest absolute Gasteiger partial charge is 0.178 e. The predicted molar refractivity (Wildman–Crippen MR) is 70.9 cm³/mol. The largest absolute Gasteiger partial charge is 0.330 e. The van der Waals surface area contributed by atoms with Gasteiger partial charge in [-0.15, -0.1) is 0 Å². The molecule has 0 aliphatic heterocycles. The van der Waals surface area contributed by atoms with Crippen molar-refractivity contribution in [1.29, 1.82) is 0 Å². The Kier molecular flexibility index (Phi) is 3.72. The molecule has 0 aliphatic rings. The standard InChI is InChI=1S/C13H17N2S/c14-8-6-13(15)11-7-9-16(10-11)12-4-2-1-3-5-12/h1-5,7,9-10,13H,6,8,14-15H2/q+1. The van der Waals surface area contributed by atoms with Crippen molar-refractivity contribution < 1.29 is 0 Å². The molecule has 1 aromatic carbocycles. The molecule has 2 rings (SSSR count). The van der Waals surface area contributed by atoms with Crippen molar-refractivity contribution in [3.63, 3.8) is 0 Å². The van der Waals surface area contributed by atoms with Gasteiger partial charge in [0, 0.05) is 28.1 Å². The van der Waals surface area contributed by atoms with E-state index in [0.717, 1.165) is 6.42 Å². The molecule has 2 unspecified atom stereocenters. The van der Waals surface area contributed by atoms with E-state index in [0.29, 0.717) is 6.54 Å². The fourth-order valence-corrected chi connectivity index (χ4v) is 3.35. The van der Waals surface area contributed by atoms with E-state index in [1.807, 2.05) is 6.07 Å². The first-order valence-corrected chi connectivity index (χ1v) is 6.79. The molecule has 0 saturated carbocycles. The normalized spacial score (nSPS) is 13.8. The number of hydrogen-bond donors (Lipinski definition) is 2. The van der Waals surface area contributed by atoms with Crippen LogP contribution >= 0.6 is 10.5 Å². The van der Waals surface area contributed by atoms with Crippen LogP contribution in [-0.4, -0.2) is 6.54 Å². The molecular weight excluding hydrogens is 216 g/mol. The molecule has 0 bridgehead atoms. The van der Waals surface area contributed by atoms with E-state index in [-0.39, 0.29) is 16.5 Å². The molecule has 84 valence electrons. The molecule has 0 saturated heterocycles. The third-order valence-electron chi connectivity index (χ3n) is 2.59. The summed E-state index contributed by atoms with van der Waals surface area (Å²) < 4.78 is 0. The molecule has 2 nitrogen and oxygen atoms in total. The topological polar surface area (TPSA) is 52.0 Å². The van der Waals surface area contributed by atoms with Crippen molar-refractivity contribution >= 4 is 10.5 Å². The second-order valence-electron chi connectivity index (χ2n) is 3.79. The second kappa shape index (κ2) is 5.25. The second-order valence-corrected chi connectivity index (χ2v) is 5.51. The van der Waals surface area contributed by atoms with Crippen molar-refractivity contribution in [2.24, 2.45) is 11.5 Å². The molecule has 0 aliphatic carbocycles. The molecule has 0 radical (unpaired) electrons. The third-order valence-corrected chi connectivity index (χ3v) is 4.36. The van der Waals surface area contributed by atoms with E-state index in [1.54, 1.807) is 0 Å². The molecule has 1 heterocycles. The summed E-state index contributed by atoms with van der Waals surface area (Å²) in [7, 11) is 0.0917. The van der Waals surface area contributed by atoms with Crippen LogP contribution in [0.15, 0.2) is 47.2 Å². The van der Waals surface area contributed by atoms with Gasteiger partial charge in [-0.1, -0.05) is 18.2 Å². The van der Waals surface area contributed by atoms with Gasteiger partial charge in [0.05, 0.1) is 0 Å². The van der Waals surface area contributed by atoms with Crippen molar-refractivity contribution in [3.05, 3.63) is 52.7 Å². The highest BCUT2D eigenvalue weighted by Gasteiger charge is 2.14. The van der Waals surface area contributed by atoms with Gasteiger partial charge >= 0.3 is 0 Å². The van der Waals surface area contributed by atoms with Gasteiger partial charge in [-0.05, 0) is 25.1 Å². The van der Waals surface area contributed by atoms with E-state index in [1.165, 1.54) is 10.5 Å².